The Bertz CT molecular complexity index is 922. The van der Waals surface area contributed by atoms with Crippen molar-refractivity contribution in [3.8, 4) is 11.1 Å². The summed E-state index contributed by atoms with van der Waals surface area (Å²) in [4.78, 5) is 26.0. The van der Waals surface area contributed by atoms with Crippen LogP contribution in [-0.4, -0.2) is 39.3 Å². The molecule has 33 heavy (non-hydrogen) atoms. The van der Waals surface area contributed by atoms with E-state index in [1.165, 1.54) is 26.4 Å². The molecular weight excluding hydrogens is 416 g/mol. The van der Waals surface area contributed by atoms with Crippen molar-refractivity contribution in [2.75, 3.05) is 32.2 Å². The van der Waals surface area contributed by atoms with Crippen LogP contribution in [0.5, 0.6) is 0 Å². The highest BCUT2D eigenvalue weighted by molar-refractivity contribution is 5.92. The van der Waals surface area contributed by atoms with Crippen LogP contribution in [0.15, 0.2) is 54.3 Å². The van der Waals surface area contributed by atoms with E-state index in [1.807, 2.05) is 55.5 Å². The Kier molecular flexibility index (Phi) is 11.0. The SMILES string of the molecule is CCCCCCCNC(=O)N(C)c1cccc(-c2ccc(C=C(OCC)C(=O)OC)cc2)c1. The molecule has 0 aliphatic carbocycles. The minimum Gasteiger partial charge on any atom is -0.487 e. The fraction of sp³-hybridized carbons (Fsp3) is 0.407. The Hall–Kier alpha value is -3.28. The lowest BCUT2D eigenvalue weighted by Crippen LogP contribution is -2.37. The predicted octanol–water partition coefficient (Wildman–Crippen LogP) is 6.02. The second-order valence-corrected chi connectivity index (χ2v) is 7.81. The molecule has 0 aromatic heterocycles. The largest absolute Gasteiger partial charge is 0.487 e. The molecule has 0 spiro atoms. The number of methoxy groups -OCH3 is 1. The van der Waals surface area contributed by atoms with Gasteiger partial charge in [0.15, 0.2) is 0 Å². The molecule has 0 atom stereocenters. The standard InChI is InChI=1S/C27H36N2O4/c1-5-7-8-9-10-18-28-27(31)29(3)24-13-11-12-23(20-24)22-16-14-21(15-17-22)19-25(33-6-2)26(30)32-4/h11-17,19-20H,5-10,18H2,1-4H3,(H,28,31). The normalized spacial score (nSPS) is 11.1. The van der Waals surface area contributed by atoms with Gasteiger partial charge in [-0.3, -0.25) is 4.90 Å². The molecule has 2 aromatic carbocycles. The zero-order valence-corrected chi connectivity index (χ0v) is 20.2. The summed E-state index contributed by atoms with van der Waals surface area (Å²) < 4.78 is 10.1. The van der Waals surface area contributed by atoms with Gasteiger partial charge in [-0.2, -0.15) is 0 Å². The smallest absolute Gasteiger partial charge is 0.373 e. The van der Waals surface area contributed by atoms with E-state index < -0.39 is 5.97 Å². The van der Waals surface area contributed by atoms with E-state index in [-0.39, 0.29) is 11.8 Å². The molecule has 1 N–H and O–H groups in total. The second kappa shape index (κ2) is 14.0. The van der Waals surface area contributed by atoms with Gasteiger partial charge < -0.3 is 14.8 Å². The van der Waals surface area contributed by atoms with Crippen molar-refractivity contribution in [1.29, 1.82) is 0 Å². The Morgan fingerprint density at radius 1 is 0.970 bits per heavy atom. The Morgan fingerprint density at radius 2 is 1.70 bits per heavy atom. The van der Waals surface area contributed by atoms with E-state index in [0.29, 0.717) is 13.2 Å². The first-order chi connectivity index (χ1) is 16.0. The lowest BCUT2D eigenvalue weighted by Gasteiger charge is -2.19. The van der Waals surface area contributed by atoms with Gasteiger partial charge in [-0.15, -0.1) is 0 Å². The van der Waals surface area contributed by atoms with Crippen molar-refractivity contribution in [2.24, 2.45) is 0 Å². The number of nitrogens with zero attached hydrogens (tertiary/aromatic N) is 1. The lowest BCUT2D eigenvalue weighted by molar-refractivity contribution is -0.139. The van der Waals surface area contributed by atoms with Gasteiger partial charge in [-0.05, 0) is 48.2 Å². The van der Waals surface area contributed by atoms with Crippen molar-refractivity contribution < 1.29 is 19.1 Å². The number of hydrogen-bond acceptors (Lipinski definition) is 4. The minimum atomic E-state index is -0.504. The van der Waals surface area contributed by atoms with Crippen LogP contribution >= 0.6 is 0 Å². The van der Waals surface area contributed by atoms with Crippen molar-refractivity contribution in [2.45, 2.75) is 46.0 Å². The number of benzene rings is 2. The van der Waals surface area contributed by atoms with Gasteiger partial charge in [0.25, 0.3) is 0 Å². The number of hydrogen-bond donors (Lipinski definition) is 1. The Balaban J connectivity index is 2.04. The molecule has 2 rings (SSSR count). The Morgan fingerprint density at radius 3 is 2.36 bits per heavy atom. The summed E-state index contributed by atoms with van der Waals surface area (Å²) in [5, 5.41) is 3.00. The molecule has 0 unspecified atom stereocenters. The van der Waals surface area contributed by atoms with Crippen LogP contribution in [0.2, 0.25) is 0 Å². The molecule has 0 saturated heterocycles. The quantitative estimate of drug-likeness (QED) is 0.185. The van der Waals surface area contributed by atoms with Gasteiger partial charge in [0.1, 0.15) is 0 Å². The number of esters is 1. The van der Waals surface area contributed by atoms with Crippen LogP contribution < -0.4 is 10.2 Å². The summed E-state index contributed by atoms with van der Waals surface area (Å²) in [5.74, 6) is -0.330. The fourth-order valence-corrected chi connectivity index (χ4v) is 3.39. The van der Waals surface area contributed by atoms with Crippen molar-refractivity contribution >= 4 is 23.8 Å². The van der Waals surface area contributed by atoms with Crippen molar-refractivity contribution in [1.82, 2.24) is 5.32 Å². The first-order valence-electron chi connectivity index (χ1n) is 11.6. The van der Waals surface area contributed by atoms with Crippen LogP contribution in [0, 0.1) is 0 Å². The molecule has 178 valence electrons. The van der Waals surface area contributed by atoms with Crippen LogP contribution in [0.4, 0.5) is 10.5 Å². The van der Waals surface area contributed by atoms with Crippen molar-refractivity contribution in [3.05, 3.63) is 59.9 Å². The van der Waals surface area contributed by atoms with Crippen LogP contribution in [-0.2, 0) is 14.3 Å². The number of nitrogens with one attached hydrogen (secondary N) is 1. The fourth-order valence-electron chi connectivity index (χ4n) is 3.39. The van der Waals surface area contributed by atoms with E-state index in [1.54, 1.807) is 18.0 Å². The second-order valence-electron chi connectivity index (χ2n) is 7.81. The molecule has 0 heterocycles. The van der Waals surface area contributed by atoms with E-state index in [0.717, 1.165) is 35.2 Å². The topological polar surface area (TPSA) is 67.9 Å². The summed E-state index contributed by atoms with van der Waals surface area (Å²) in [6.07, 6.45) is 7.49. The molecule has 0 bridgehead atoms. The molecule has 6 heteroatoms. The zero-order valence-electron chi connectivity index (χ0n) is 20.2. The number of urea groups is 1. The van der Waals surface area contributed by atoms with Gasteiger partial charge in [-0.1, -0.05) is 69.0 Å². The number of unbranched alkanes of at least 4 members (excludes halogenated alkanes) is 4. The Labute approximate surface area is 197 Å². The summed E-state index contributed by atoms with van der Waals surface area (Å²) in [7, 11) is 3.11. The van der Waals surface area contributed by atoms with Gasteiger partial charge in [0, 0.05) is 19.3 Å². The minimum absolute atomic E-state index is 0.102. The van der Waals surface area contributed by atoms with Gasteiger partial charge in [0.05, 0.1) is 13.7 Å². The third-order valence-electron chi connectivity index (χ3n) is 5.32. The average molecular weight is 453 g/mol. The number of ether oxygens (including phenoxy) is 2. The summed E-state index contributed by atoms with van der Waals surface area (Å²) in [6.45, 7) is 5.08. The third kappa shape index (κ3) is 8.29. The number of carbonyl (C=O) groups excluding carboxylic acids is 2. The van der Waals surface area contributed by atoms with Crippen LogP contribution in [0.3, 0.4) is 0 Å². The van der Waals surface area contributed by atoms with Gasteiger partial charge >= 0.3 is 12.0 Å². The molecule has 0 saturated carbocycles. The average Bonchev–Trinajstić information content (AvgIpc) is 2.85. The summed E-state index contributed by atoms with van der Waals surface area (Å²) in [6, 6.07) is 15.5. The molecule has 6 nitrogen and oxygen atoms in total. The maximum Gasteiger partial charge on any atom is 0.373 e. The van der Waals surface area contributed by atoms with Gasteiger partial charge in [-0.25, -0.2) is 9.59 Å². The predicted molar refractivity (Wildman–Crippen MR) is 134 cm³/mol. The lowest BCUT2D eigenvalue weighted by atomic mass is 10.0. The van der Waals surface area contributed by atoms with E-state index in [9.17, 15) is 9.59 Å². The first kappa shape index (κ1) is 26.0. The summed E-state index contributed by atoms with van der Waals surface area (Å²) >= 11 is 0. The number of carbonyl (C=O) groups is 2. The molecule has 0 aliphatic rings. The molecule has 0 fully saturated rings. The summed E-state index contributed by atoms with van der Waals surface area (Å²) in [5.41, 5.74) is 3.67. The molecule has 2 aromatic rings. The zero-order chi connectivity index (χ0) is 24.1. The molecule has 0 radical (unpaired) electrons. The number of amides is 2. The van der Waals surface area contributed by atoms with Crippen LogP contribution in [0.1, 0.15) is 51.5 Å². The highest BCUT2D eigenvalue weighted by atomic mass is 16.6. The maximum absolute atomic E-state index is 12.5. The van der Waals surface area contributed by atoms with E-state index >= 15 is 0 Å². The number of anilines is 1. The van der Waals surface area contributed by atoms with Crippen LogP contribution in [0.25, 0.3) is 17.2 Å². The highest BCUT2D eigenvalue weighted by Gasteiger charge is 2.12. The van der Waals surface area contributed by atoms with E-state index in [4.69, 9.17) is 9.47 Å². The third-order valence-corrected chi connectivity index (χ3v) is 5.32. The van der Waals surface area contributed by atoms with Gasteiger partial charge in [0.2, 0.25) is 5.76 Å². The molecule has 2 amide bonds. The molecular formula is C27H36N2O4. The van der Waals surface area contributed by atoms with Crippen molar-refractivity contribution in [3.63, 3.8) is 0 Å². The molecule has 0 aliphatic heterocycles. The monoisotopic (exact) mass is 452 g/mol. The first-order valence-corrected chi connectivity index (χ1v) is 11.6. The van der Waals surface area contributed by atoms with E-state index in [2.05, 4.69) is 12.2 Å². The number of rotatable bonds is 12. The maximum atomic E-state index is 12.5. The highest BCUT2D eigenvalue weighted by Crippen LogP contribution is 2.25.